The molecule has 0 saturated carbocycles. The summed E-state index contributed by atoms with van der Waals surface area (Å²) in [4.78, 5) is 18.0. The quantitative estimate of drug-likeness (QED) is 0.268. The van der Waals surface area contributed by atoms with Crippen LogP contribution in [0.15, 0.2) is 44.7 Å². The molecule has 1 aromatic heterocycles. The van der Waals surface area contributed by atoms with Crippen molar-refractivity contribution < 1.29 is 9.47 Å². The molecule has 0 aliphatic rings. The van der Waals surface area contributed by atoms with Gasteiger partial charge in [-0.2, -0.15) is 9.78 Å². The average molecular weight is 598 g/mol. The normalized spacial score (nSPS) is 12.0. The highest BCUT2D eigenvalue weighted by Gasteiger charge is 2.23. The molecule has 6 nitrogen and oxygen atoms in total. The number of hydrogen-bond donors (Lipinski definition) is 0. The smallest absolute Gasteiger partial charge is 0.282 e. The molecule has 8 heteroatoms. The first-order chi connectivity index (χ1) is 14.7. The second kappa shape index (κ2) is 9.68. The molecule has 0 aliphatic heterocycles. The Kier molecular flexibility index (Phi) is 7.41. The number of aromatic nitrogens is 2. The SMILES string of the molecule is CCOc1cc(C=Nn2c(C(C)(C)C)nc3ccc(Br)cc3c2=O)cc(I)c1OCC. The highest BCUT2D eigenvalue weighted by atomic mass is 127. The molecule has 0 saturated heterocycles. The van der Waals surface area contributed by atoms with Crippen LogP contribution in [-0.2, 0) is 5.41 Å². The molecule has 0 bridgehead atoms. The minimum atomic E-state index is -0.374. The number of halogens is 2. The lowest BCUT2D eigenvalue weighted by molar-refractivity contribution is 0.286. The van der Waals surface area contributed by atoms with Crippen LogP contribution < -0.4 is 15.0 Å². The van der Waals surface area contributed by atoms with Crippen molar-refractivity contribution in [1.82, 2.24) is 9.66 Å². The van der Waals surface area contributed by atoms with Gasteiger partial charge in [-0.05, 0) is 72.3 Å². The zero-order chi connectivity index (χ0) is 22.8. The van der Waals surface area contributed by atoms with Crippen molar-refractivity contribution in [2.75, 3.05) is 13.2 Å². The van der Waals surface area contributed by atoms with Crippen molar-refractivity contribution in [2.24, 2.45) is 5.10 Å². The van der Waals surface area contributed by atoms with Gasteiger partial charge in [0, 0.05) is 9.89 Å². The molecule has 0 unspecified atom stereocenters. The Bertz CT molecular complexity index is 1200. The Morgan fingerprint density at radius 1 is 1.16 bits per heavy atom. The van der Waals surface area contributed by atoms with Gasteiger partial charge in [-0.1, -0.05) is 36.7 Å². The molecular formula is C23H25BrIN3O3. The number of fused-ring (bicyclic) bond motifs is 1. The van der Waals surface area contributed by atoms with Crippen LogP contribution in [0.2, 0.25) is 0 Å². The lowest BCUT2D eigenvalue weighted by Gasteiger charge is -2.21. The number of nitrogens with zero attached hydrogens (tertiary/aromatic N) is 3. The summed E-state index contributed by atoms with van der Waals surface area (Å²) in [5.41, 5.74) is 0.871. The lowest BCUT2D eigenvalue weighted by Crippen LogP contribution is -2.29. The average Bonchev–Trinajstić information content (AvgIpc) is 2.69. The number of ether oxygens (including phenoxy) is 2. The summed E-state index contributed by atoms with van der Waals surface area (Å²) in [5, 5.41) is 5.05. The van der Waals surface area contributed by atoms with Crippen molar-refractivity contribution >= 4 is 55.6 Å². The van der Waals surface area contributed by atoms with Crippen molar-refractivity contribution in [3.63, 3.8) is 0 Å². The summed E-state index contributed by atoms with van der Waals surface area (Å²) in [5.74, 6) is 1.96. The van der Waals surface area contributed by atoms with Crippen molar-refractivity contribution in [3.8, 4) is 11.5 Å². The fourth-order valence-corrected chi connectivity index (χ4v) is 4.22. The van der Waals surface area contributed by atoms with Crippen LogP contribution in [-0.4, -0.2) is 29.1 Å². The topological polar surface area (TPSA) is 65.7 Å². The molecule has 3 rings (SSSR count). The molecule has 1 heterocycles. The fraction of sp³-hybridized carbons (Fsp3) is 0.348. The van der Waals surface area contributed by atoms with Gasteiger partial charge in [0.05, 0.1) is 33.9 Å². The monoisotopic (exact) mass is 597 g/mol. The maximum absolute atomic E-state index is 13.3. The number of benzene rings is 2. The van der Waals surface area contributed by atoms with E-state index in [1.807, 2.05) is 58.9 Å². The van der Waals surface area contributed by atoms with Gasteiger partial charge >= 0.3 is 0 Å². The maximum Gasteiger partial charge on any atom is 0.282 e. The molecule has 0 aliphatic carbocycles. The molecule has 0 radical (unpaired) electrons. The summed E-state index contributed by atoms with van der Waals surface area (Å²) < 4.78 is 14.6. The van der Waals surface area contributed by atoms with E-state index in [-0.39, 0.29) is 11.0 Å². The predicted octanol–water partition coefficient (Wildman–Crippen LogP) is 5.74. The molecule has 0 N–H and O–H groups in total. The lowest BCUT2D eigenvalue weighted by atomic mass is 9.95. The van der Waals surface area contributed by atoms with Gasteiger partial charge in [-0.15, -0.1) is 0 Å². The standard InChI is InChI=1S/C23H25BrIN3O3/c1-6-30-19-11-14(10-17(25)20(19)31-7-2)13-26-28-21(29)16-12-15(24)8-9-18(16)27-22(28)23(3,4)5/h8-13H,6-7H2,1-5H3. The van der Waals surface area contributed by atoms with Gasteiger partial charge in [0.25, 0.3) is 5.56 Å². The van der Waals surface area contributed by atoms with Crippen LogP contribution in [0.4, 0.5) is 0 Å². The van der Waals surface area contributed by atoms with E-state index < -0.39 is 0 Å². The molecule has 0 amide bonds. The third-order valence-electron chi connectivity index (χ3n) is 4.42. The van der Waals surface area contributed by atoms with Crippen LogP contribution in [0, 0.1) is 3.57 Å². The first kappa shape index (κ1) is 23.7. The largest absolute Gasteiger partial charge is 0.490 e. The molecule has 31 heavy (non-hydrogen) atoms. The molecule has 0 spiro atoms. The zero-order valence-electron chi connectivity index (χ0n) is 18.2. The van der Waals surface area contributed by atoms with Gasteiger partial charge in [0.2, 0.25) is 0 Å². The predicted molar refractivity (Wildman–Crippen MR) is 137 cm³/mol. The Hall–Kier alpha value is -1.94. The summed E-state index contributed by atoms with van der Waals surface area (Å²) in [6.45, 7) is 11.0. The van der Waals surface area contributed by atoms with Gasteiger partial charge < -0.3 is 9.47 Å². The molecule has 2 aromatic carbocycles. The van der Waals surface area contributed by atoms with E-state index in [1.54, 1.807) is 12.3 Å². The van der Waals surface area contributed by atoms with Crippen LogP contribution >= 0.6 is 38.5 Å². The Balaban J connectivity index is 2.16. The summed E-state index contributed by atoms with van der Waals surface area (Å²) in [7, 11) is 0. The third-order valence-corrected chi connectivity index (χ3v) is 5.72. The fourth-order valence-electron chi connectivity index (χ4n) is 3.08. The van der Waals surface area contributed by atoms with Crippen LogP contribution in [0.3, 0.4) is 0 Å². The minimum absolute atomic E-state index is 0.210. The first-order valence-corrected chi connectivity index (χ1v) is 11.9. The Morgan fingerprint density at radius 3 is 2.52 bits per heavy atom. The van der Waals surface area contributed by atoms with Crippen LogP contribution in [0.5, 0.6) is 11.5 Å². The minimum Gasteiger partial charge on any atom is -0.490 e. The maximum atomic E-state index is 13.3. The van der Waals surface area contributed by atoms with Gasteiger partial charge in [-0.3, -0.25) is 4.79 Å². The number of hydrogen-bond acceptors (Lipinski definition) is 5. The van der Waals surface area contributed by atoms with E-state index in [0.717, 1.165) is 13.6 Å². The van der Waals surface area contributed by atoms with Gasteiger partial charge in [0.15, 0.2) is 11.5 Å². The van der Waals surface area contributed by atoms with Crippen molar-refractivity contribution in [1.29, 1.82) is 0 Å². The summed E-state index contributed by atoms with van der Waals surface area (Å²) in [6, 6.07) is 9.31. The van der Waals surface area contributed by atoms with Crippen LogP contribution in [0.25, 0.3) is 10.9 Å². The third kappa shape index (κ3) is 5.28. The highest BCUT2D eigenvalue weighted by molar-refractivity contribution is 14.1. The molecular weight excluding hydrogens is 573 g/mol. The zero-order valence-corrected chi connectivity index (χ0v) is 21.9. The van der Waals surface area contributed by atoms with E-state index in [1.165, 1.54) is 4.68 Å². The van der Waals surface area contributed by atoms with E-state index in [9.17, 15) is 4.79 Å². The van der Waals surface area contributed by atoms with Crippen LogP contribution in [0.1, 0.15) is 46.0 Å². The van der Waals surface area contributed by atoms with E-state index in [4.69, 9.17) is 14.5 Å². The Morgan fingerprint density at radius 2 is 1.87 bits per heavy atom. The second-order valence-corrected chi connectivity index (χ2v) is 9.98. The van der Waals surface area contributed by atoms with Gasteiger partial charge in [0.1, 0.15) is 5.82 Å². The molecule has 164 valence electrons. The molecule has 3 aromatic rings. The van der Waals surface area contributed by atoms with E-state index in [0.29, 0.717) is 41.4 Å². The second-order valence-electron chi connectivity index (χ2n) is 7.90. The van der Waals surface area contributed by atoms with Crippen molar-refractivity contribution in [3.05, 3.63) is 60.1 Å². The summed E-state index contributed by atoms with van der Waals surface area (Å²) in [6.07, 6.45) is 1.66. The summed E-state index contributed by atoms with van der Waals surface area (Å²) >= 11 is 5.65. The molecule has 0 fully saturated rings. The first-order valence-electron chi connectivity index (χ1n) is 10.0. The molecule has 0 atom stereocenters. The van der Waals surface area contributed by atoms with Gasteiger partial charge in [-0.25, -0.2) is 4.98 Å². The van der Waals surface area contributed by atoms with E-state index >= 15 is 0 Å². The highest BCUT2D eigenvalue weighted by Crippen LogP contribution is 2.34. The van der Waals surface area contributed by atoms with Crippen molar-refractivity contribution in [2.45, 2.75) is 40.0 Å². The van der Waals surface area contributed by atoms with E-state index in [2.05, 4.69) is 43.6 Å². The Labute approximate surface area is 203 Å². The number of rotatable bonds is 6.